The van der Waals surface area contributed by atoms with Crippen LogP contribution in [-0.2, 0) is 26.2 Å². The lowest BCUT2D eigenvalue weighted by Gasteiger charge is -2.32. The number of nitrogens with one attached hydrogen (secondary N) is 1. The Morgan fingerprint density at radius 2 is 1.69 bits per heavy atom. The largest absolute Gasteiger partial charge is 0.322 e. The van der Waals surface area contributed by atoms with Gasteiger partial charge >= 0.3 is 0 Å². The van der Waals surface area contributed by atoms with Crippen molar-refractivity contribution >= 4 is 27.7 Å². The second-order valence-corrected chi connectivity index (χ2v) is 10.9. The molecular weight excluding hydrogens is 480 g/mol. The normalized spacial score (nSPS) is 21.8. The molecule has 0 radical (unpaired) electrons. The second-order valence-electron chi connectivity index (χ2n) is 9.03. The van der Waals surface area contributed by atoms with Crippen LogP contribution in [0.4, 0.5) is 8.78 Å². The van der Waals surface area contributed by atoms with Gasteiger partial charge in [-0.2, -0.15) is 4.31 Å². The highest BCUT2D eigenvalue weighted by molar-refractivity contribution is 7.89. The van der Waals surface area contributed by atoms with Crippen LogP contribution >= 0.6 is 0 Å². The number of nitrogens with zero attached hydrogens (tertiary/aromatic N) is 2. The van der Waals surface area contributed by atoms with E-state index in [0.29, 0.717) is 24.0 Å². The summed E-state index contributed by atoms with van der Waals surface area (Å²) in [6.07, 6.45) is 1.06. The molecule has 3 aliphatic heterocycles. The van der Waals surface area contributed by atoms with Gasteiger partial charge in [-0.05, 0) is 60.6 Å². The van der Waals surface area contributed by atoms with Gasteiger partial charge < -0.3 is 4.90 Å². The predicted molar refractivity (Wildman–Crippen MR) is 120 cm³/mol. The Hall–Kier alpha value is -3.18. The van der Waals surface area contributed by atoms with E-state index < -0.39 is 39.5 Å². The lowest BCUT2D eigenvalue weighted by Crippen LogP contribution is -2.52. The van der Waals surface area contributed by atoms with Gasteiger partial charge in [0.05, 0.1) is 0 Å². The maximum absolute atomic E-state index is 14.5. The van der Waals surface area contributed by atoms with Crippen molar-refractivity contribution in [3.63, 3.8) is 0 Å². The molecule has 2 aromatic carbocycles. The third-order valence-corrected chi connectivity index (χ3v) is 8.94. The van der Waals surface area contributed by atoms with Crippen molar-refractivity contribution in [2.75, 3.05) is 13.1 Å². The van der Waals surface area contributed by atoms with E-state index in [-0.39, 0.29) is 54.8 Å². The number of imide groups is 1. The Labute approximate surface area is 200 Å². The average Bonchev–Trinajstić information content (AvgIpc) is 3.15. The topological polar surface area (TPSA) is 104 Å². The lowest BCUT2D eigenvalue weighted by atomic mass is 9.86. The van der Waals surface area contributed by atoms with Crippen molar-refractivity contribution in [3.05, 3.63) is 64.7 Å². The van der Waals surface area contributed by atoms with Crippen LogP contribution in [0.3, 0.4) is 0 Å². The van der Waals surface area contributed by atoms with Crippen LogP contribution in [0, 0.1) is 11.6 Å². The highest BCUT2D eigenvalue weighted by atomic mass is 32.2. The number of carbonyl (C=O) groups is 3. The molecule has 1 atom stereocenters. The molecule has 1 unspecified atom stereocenters. The Morgan fingerprint density at radius 3 is 2.37 bits per heavy atom. The van der Waals surface area contributed by atoms with E-state index in [1.54, 1.807) is 0 Å². The van der Waals surface area contributed by atoms with Crippen molar-refractivity contribution in [3.8, 4) is 0 Å². The molecule has 2 aromatic rings. The van der Waals surface area contributed by atoms with E-state index >= 15 is 0 Å². The molecule has 2 saturated heterocycles. The lowest BCUT2D eigenvalue weighted by molar-refractivity contribution is -0.136. The van der Waals surface area contributed by atoms with E-state index in [2.05, 4.69) is 5.32 Å². The minimum Gasteiger partial charge on any atom is -0.322 e. The fourth-order valence-electron chi connectivity index (χ4n) is 5.22. The minimum absolute atomic E-state index is 0.115. The zero-order chi connectivity index (χ0) is 24.9. The van der Waals surface area contributed by atoms with E-state index in [9.17, 15) is 31.6 Å². The van der Waals surface area contributed by atoms with Crippen molar-refractivity contribution < 1.29 is 31.6 Å². The summed E-state index contributed by atoms with van der Waals surface area (Å²) < 4.78 is 55.7. The van der Waals surface area contributed by atoms with Crippen LogP contribution in [0.5, 0.6) is 0 Å². The summed E-state index contributed by atoms with van der Waals surface area (Å²) in [5, 5.41) is 2.24. The second kappa shape index (κ2) is 8.80. The molecule has 184 valence electrons. The molecule has 0 aromatic heterocycles. The van der Waals surface area contributed by atoms with E-state index in [4.69, 9.17) is 0 Å². The fourth-order valence-corrected chi connectivity index (χ4v) is 6.75. The number of amides is 3. The highest BCUT2D eigenvalue weighted by Crippen LogP contribution is 2.38. The molecular formula is C24H23F2N3O5S. The predicted octanol–water partition coefficient (Wildman–Crippen LogP) is 2.29. The number of carbonyl (C=O) groups excluding carboxylic acids is 3. The number of rotatable bonds is 4. The van der Waals surface area contributed by atoms with Crippen LogP contribution in [0.1, 0.15) is 53.1 Å². The van der Waals surface area contributed by atoms with Crippen LogP contribution in [0.25, 0.3) is 0 Å². The summed E-state index contributed by atoms with van der Waals surface area (Å²) in [6.45, 7) is 0.360. The summed E-state index contributed by atoms with van der Waals surface area (Å²) in [4.78, 5) is 37.9. The summed E-state index contributed by atoms with van der Waals surface area (Å²) >= 11 is 0. The highest BCUT2D eigenvalue weighted by Gasteiger charge is 2.41. The molecule has 1 N–H and O–H groups in total. The molecule has 8 nitrogen and oxygen atoms in total. The smallest absolute Gasteiger partial charge is 0.255 e. The number of hydrogen-bond donors (Lipinski definition) is 1. The van der Waals surface area contributed by atoms with Gasteiger partial charge in [-0.15, -0.1) is 0 Å². The molecule has 35 heavy (non-hydrogen) atoms. The van der Waals surface area contributed by atoms with Crippen molar-refractivity contribution in [2.24, 2.45) is 0 Å². The SMILES string of the molecule is O=C1CCC(N2Cc3c(cc(F)cc3C3CCN(S(=O)(=O)c4ccccc4F)CC3)C2=O)C(=O)N1. The van der Waals surface area contributed by atoms with E-state index in [1.165, 1.54) is 33.5 Å². The fraction of sp³-hybridized carbons (Fsp3) is 0.375. The number of fused-ring (bicyclic) bond motifs is 1. The maximum Gasteiger partial charge on any atom is 0.255 e. The molecule has 3 amide bonds. The zero-order valence-electron chi connectivity index (χ0n) is 18.7. The van der Waals surface area contributed by atoms with Crippen molar-refractivity contribution in [1.82, 2.24) is 14.5 Å². The Kier molecular flexibility index (Phi) is 5.92. The summed E-state index contributed by atoms with van der Waals surface area (Å²) in [5.74, 6) is -3.01. The molecule has 5 rings (SSSR count). The molecule has 11 heteroatoms. The summed E-state index contributed by atoms with van der Waals surface area (Å²) in [6, 6.07) is 6.92. The maximum atomic E-state index is 14.5. The molecule has 2 fully saturated rings. The third kappa shape index (κ3) is 4.12. The Morgan fingerprint density at radius 1 is 0.971 bits per heavy atom. The van der Waals surface area contributed by atoms with Crippen LogP contribution in [-0.4, -0.2) is 54.5 Å². The number of sulfonamides is 1. The van der Waals surface area contributed by atoms with Crippen molar-refractivity contribution in [2.45, 2.75) is 49.1 Å². The van der Waals surface area contributed by atoms with Gasteiger partial charge in [-0.1, -0.05) is 12.1 Å². The summed E-state index contributed by atoms with van der Waals surface area (Å²) in [7, 11) is -4.01. The van der Waals surface area contributed by atoms with Gasteiger partial charge in [0.2, 0.25) is 21.8 Å². The first-order valence-electron chi connectivity index (χ1n) is 11.4. The minimum atomic E-state index is -4.01. The van der Waals surface area contributed by atoms with Crippen LogP contribution < -0.4 is 5.32 Å². The number of hydrogen-bond acceptors (Lipinski definition) is 5. The van der Waals surface area contributed by atoms with Gasteiger partial charge in [0, 0.05) is 31.6 Å². The standard InChI is InChI=1S/C24H23F2N3O5S/c25-15-11-16(14-7-9-28(10-8-14)35(33,34)21-4-2-1-3-19(21)26)18-13-29(24(32)17(18)12-15)20-5-6-22(30)27-23(20)31/h1-4,11-12,14,20H,5-10,13H2,(H,27,30,31). The zero-order valence-corrected chi connectivity index (χ0v) is 19.5. The first kappa shape index (κ1) is 23.6. The van der Waals surface area contributed by atoms with Crippen LogP contribution in [0.15, 0.2) is 41.3 Å². The number of benzene rings is 2. The average molecular weight is 504 g/mol. The van der Waals surface area contributed by atoms with Crippen molar-refractivity contribution in [1.29, 1.82) is 0 Å². The molecule has 0 bridgehead atoms. The Bertz CT molecular complexity index is 1340. The number of piperidine rings is 2. The van der Waals surface area contributed by atoms with Gasteiger partial charge in [-0.3, -0.25) is 19.7 Å². The van der Waals surface area contributed by atoms with E-state index in [0.717, 1.165) is 12.1 Å². The quantitative estimate of drug-likeness (QED) is 0.645. The van der Waals surface area contributed by atoms with Gasteiger partial charge in [0.25, 0.3) is 5.91 Å². The molecule has 0 aliphatic carbocycles. The molecule has 3 heterocycles. The first-order chi connectivity index (χ1) is 16.7. The van der Waals surface area contributed by atoms with Gasteiger partial charge in [-0.25, -0.2) is 17.2 Å². The monoisotopic (exact) mass is 503 g/mol. The number of halogens is 2. The summed E-state index contributed by atoms with van der Waals surface area (Å²) in [5.41, 5.74) is 1.42. The van der Waals surface area contributed by atoms with E-state index in [1.807, 2.05) is 0 Å². The Balaban J connectivity index is 1.37. The third-order valence-electron chi connectivity index (χ3n) is 7.00. The van der Waals surface area contributed by atoms with Gasteiger partial charge in [0.1, 0.15) is 22.6 Å². The molecule has 0 spiro atoms. The first-order valence-corrected chi connectivity index (χ1v) is 12.8. The van der Waals surface area contributed by atoms with Gasteiger partial charge in [0.15, 0.2) is 0 Å². The van der Waals surface area contributed by atoms with Crippen LogP contribution in [0.2, 0.25) is 0 Å². The molecule has 0 saturated carbocycles. The molecule has 3 aliphatic rings.